The number of fused-ring (bicyclic) bond motifs is 1. The van der Waals surface area contributed by atoms with Gasteiger partial charge in [0.05, 0.1) is 16.8 Å². The lowest BCUT2D eigenvalue weighted by Crippen LogP contribution is -2.60. The van der Waals surface area contributed by atoms with Crippen LogP contribution in [0.25, 0.3) is 16.7 Å². The highest BCUT2D eigenvalue weighted by Gasteiger charge is 2.51. The molecule has 4 fully saturated rings. The van der Waals surface area contributed by atoms with Gasteiger partial charge in [-0.1, -0.05) is 30.0 Å². The van der Waals surface area contributed by atoms with Crippen LogP contribution in [-0.4, -0.2) is 31.7 Å². The van der Waals surface area contributed by atoms with E-state index in [1.54, 1.807) is 22.9 Å². The van der Waals surface area contributed by atoms with E-state index in [1.807, 2.05) is 30.3 Å². The Hall–Kier alpha value is -2.67. The lowest BCUT2D eigenvalue weighted by molar-refractivity contribution is -0.124. The number of pyridine rings is 1. The summed E-state index contributed by atoms with van der Waals surface area (Å²) < 4.78 is 1.59. The summed E-state index contributed by atoms with van der Waals surface area (Å²) in [6.07, 6.45) is 9.06. The van der Waals surface area contributed by atoms with Gasteiger partial charge in [0.2, 0.25) is 5.91 Å². The number of nitrogens with zero attached hydrogens (tertiary/aromatic N) is 3. The van der Waals surface area contributed by atoms with E-state index in [0.29, 0.717) is 16.2 Å². The molecule has 4 aliphatic carbocycles. The molecule has 0 spiro atoms. The van der Waals surface area contributed by atoms with Crippen LogP contribution < -0.4 is 10.9 Å². The number of aromatic nitrogens is 3. The minimum absolute atomic E-state index is 0.0101. The summed E-state index contributed by atoms with van der Waals surface area (Å²) in [4.78, 5) is 35.2. The molecule has 0 atom stereocenters. The smallest absolute Gasteiger partial charge is 0.268 e. The van der Waals surface area contributed by atoms with E-state index in [1.165, 1.54) is 31.0 Å². The summed E-state index contributed by atoms with van der Waals surface area (Å²) in [5.41, 5.74) is 0.968. The van der Waals surface area contributed by atoms with Crippen molar-refractivity contribution in [2.75, 3.05) is 5.75 Å². The monoisotopic (exact) mass is 446 g/mol. The van der Waals surface area contributed by atoms with E-state index in [0.717, 1.165) is 42.7 Å². The molecule has 0 unspecified atom stereocenters. The predicted molar refractivity (Wildman–Crippen MR) is 125 cm³/mol. The number of para-hydroxylation sites is 1. The first kappa shape index (κ1) is 20.0. The number of benzene rings is 1. The molecule has 1 N–H and O–H groups in total. The van der Waals surface area contributed by atoms with Crippen molar-refractivity contribution in [1.82, 2.24) is 19.9 Å². The van der Waals surface area contributed by atoms with Crippen molar-refractivity contribution in [3.63, 3.8) is 0 Å². The fourth-order valence-electron chi connectivity index (χ4n) is 6.63. The molecule has 7 heteroatoms. The first-order valence-electron chi connectivity index (χ1n) is 11.5. The van der Waals surface area contributed by atoms with Gasteiger partial charge in [-0.25, -0.2) is 9.97 Å². The fourth-order valence-corrected chi connectivity index (χ4v) is 7.43. The molecule has 1 amide bonds. The zero-order valence-electron chi connectivity index (χ0n) is 17.9. The number of carbonyl (C=O) groups excluding carboxylic acids is 1. The zero-order chi connectivity index (χ0) is 21.7. The van der Waals surface area contributed by atoms with E-state index in [-0.39, 0.29) is 22.8 Å². The lowest BCUT2D eigenvalue weighted by Gasteiger charge is -2.56. The second kappa shape index (κ2) is 7.73. The topological polar surface area (TPSA) is 76.9 Å². The van der Waals surface area contributed by atoms with Gasteiger partial charge in [-0.3, -0.25) is 14.2 Å². The minimum atomic E-state index is -0.168. The first-order chi connectivity index (χ1) is 15.6. The summed E-state index contributed by atoms with van der Waals surface area (Å²) in [5, 5.41) is 4.38. The summed E-state index contributed by atoms with van der Waals surface area (Å²) >= 11 is 1.31. The Labute approximate surface area is 190 Å². The standard InChI is InChI=1S/C25H26N4O2S/c30-21(28-25-12-16-9-17(13-25)11-18(10-16)14-25)15-32-24-27-22-20(7-4-8-26-22)23(31)29(24)19-5-2-1-3-6-19/h1-8,16-18H,9-15H2,(H,28,30). The van der Waals surface area contributed by atoms with Gasteiger partial charge in [0.1, 0.15) is 0 Å². The number of thioether (sulfide) groups is 1. The molecule has 4 bridgehead atoms. The maximum atomic E-state index is 13.3. The first-order valence-corrected chi connectivity index (χ1v) is 12.4. The molecule has 32 heavy (non-hydrogen) atoms. The highest BCUT2D eigenvalue weighted by Crippen LogP contribution is 2.55. The predicted octanol–water partition coefficient (Wildman–Crippen LogP) is 3.96. The van der Waals surface area contributed by atoms with Gasteiger partial charge in [0.25, 0.3) is 5.56 Å². The second-order valence-electron chi connectivity index (χ2n) is 9.78. The molecular formula is C25H26N4O2S. The molecule has 0 saturated heterocycles. The molecule has 2 aromatic heterocycles. The van der Waals surface area contributed by atoms with Crippen LogP contribution in [0.4, 0.5) is 0 Å². The van der Waals surface area contributed by atoms with Crippen LogP contribution in [0.3, 0.4) is 0 Å². The van der Waals surface area contributed by atoms with E-state index in [2.05, 4.69) is 15.3 Å². The highest BCUT2D eigenvalue weighted by atomic mass is 32.2. The van der Waals surface area contributed by atoms with Crippen molar-refractivity contribution in [2.24, 2.45) is 17.8 Å². The number of hydrogen-bond donors (Lipinski definition) is 1. The number of nitrogens with one attached hydrogen (secondary N) is 1. The summed E-state index contributed by atoms with van der Waals surface area (Å²) in [7, 11) is 0. The Morgan fingerprint density at radius 2 is 1.72 bits per heavy atom. The Bertz CT molecular complexity index is 1200. The van der Waals surface area contributed by atoms with Gasteiger partial charge < -0.3 is 5.32 Å². The molecule has 164 valence electrons. The number of hydrogen-bond acceptors (Lipinski definition) is 5. The summed E-state index contributed by atoms with van der Waals surface area (Å²) in [6.45, 7) is 0. The molecule has 0 radical (unpaired) electrons. The van der Waals surface area contributed by atoms with Crippen molar-refractivity contribution < 1.29 is 4.79 Å². The van der Waals surface area contributed by atoms with Gasteiger partial charge in [-0.15, -0.1) is 0 Å². The Balaban J connectivity index is 1.26. The van der Waals surface area contributed by atoms with Crippen LogP contribution in [0.2, 0.25) is 0 Å². The summed E-state index contributed by atoms with van der Waals surface area (Å²) in [6, 6.07) is 12.9. The average molecular weight is 447 g/mol. The molecule has 0 aliphatic heterocycles. The third-order valence-electron chi connectivity index (χ3n) is 7.40. The van der Waals surface area contributed by atoms with Gasteiger partial charge in [-0.05, 0) is 80.5 Å². The van der Waals surface area contributed by atoms with Crippen LogP contribution >= 0.6 is 11.8 Å². The SMILES string of the molecule is O=C(CSc1nc2ncccc2c(=O)n1-c1ccccc1)NC12CC3CC(CC(C3)C1)C2. The van der Waals surface area contributed by atoms with Crippen molar-refractivity contribution >= 4 is 28.7 Å². The molecule has 2 heterocycles. The van der Waals surface area contributed by atoms with Crippen LogP contribution in [0, 0.1) is 17.8 Å². The maximum absolute atomic E-state index is 13.3. The van der Waals surface area contributed by atoms with E-state index in [9.17, 15) is 9.59 Å². The third-order valence-corrected chi connectivity index (χ3v) is 8.34. The summed E-state index contributed by atoms with van der Waals surface area (Å²) in [5.74, 6) is 2.62. The van der Waals surface area contributed by atoms with Crippen molar-refractivity contribution in [2.45, 2.75) is 49.2 Å². The number of rotatable bonds is 5. The van der Waals surface area contributed by atoms with Crippen LogP contribution in [-0.2, 0) is 4.79 Å². The number of amides is 1. The normalized spacial score (nSPS) is 28.2. The second-order valence-corrected chi connectivity index (χ2v) is 10.7. The zero-order valence-corrected chi connectivity index (χ0v) is 18.7. The number of carbonyl (C=O) groups is 1. The molecule has 7 rings (SSSR count). The molecular weight excluding hydrogens is 420 g/mol. The lowest BCUT2D eigenvalue weighted by atomic mass is 9.53. The van der Waals surface area contributed by atoms with E-state index in [4.69, 9.17) is 0 Å². The largest absolute Gasteiger partial charge is 0.350 e. The maximum Gasteiger partial charge on any atom is 0.268 e. The van der Waals surface area contributed by atoms with Crippen LogP contribution in [0.1, 0.15) is 38.5 Å². The molecule has 4 saturated carbocycles. The van der Waals surface area contributed by atoms with Crippen molar-refractivity contribution in [3.8, 4) is 5.69 Å². The van der Waals surface area contributed by atoms with Crippen LogP contribution in [0.15, 0.2) is 58.6 Å². The van der Waals surface area contributed by atoms with Gasteiger partial charge >= 0.3 is 0 Å². The van der Waals surface area contributed by atoms with Gasteiger partial charge in [0, 0.05) is 11.7 Å². The van der Waals surface area contributed by atoms with Crippen LogP contribution in [0.5, 0.6) is 0 Å². The van der Waals surface area contributed by atoms with Crippen molar-refractivity contribution in [3.05, 3.63) is 59.0 Å². The Morgan fingerprint density at radius 3 is 2.41 bits per heavy atom. The fraction of sp³-hybridized carbons (Fsp3) is 0.440. The Morgan fingerprint density at radius 1 is 1.03 bits per heavy atom. The molecule has 4 aliphatic rings. The Kier molecular flexibility index (Phi) is 4.82. The third kappa shape index (κ3) is 3.52. The molecule has 1 aromatic carbocycles. The quantitative estimate of drug-likeness (QED) is 0.474. The van der Waals surface area contributed by atoms with E-state index < -0.39 is 0 Å². The van der Waals surface area contributed by atoms with Gasteiger partial charge in [-0.2, -0.15) is 0 Å². The highest BCUT2D eigenvalue weighted by molar-refractivity contribution is 7.99. The average Bonchev–Trinajstić information content (AvgIpc) is 2.77. The van der Waals surface area contributed by atoms with Gasteiger partial charge in [0.15, 0.2) is 10.8 Å². The van der Waals surface area contributed by atoms with E-state index >= 15 is 0 Å². The van der Waals surface area contributed by atoms with Crippen molar-refractivity contribution in [1.29, 1.82) is 0 Å². The minimum Gasteiger partial charge on any atom is -0.350 e. The molecule has 3 aromatic rings. The molecule has 6 nitrogen and oxygen atoms in total.